The summed E-state index contributed by atoms with van der Waals surface area (Å²) in [6.45, 7) is 1.35. The number of aromatic carboxylic acids is 2. The van der Waals surface area contributed by atoms with Crippen molar-refractivity contribution in [1.82, 2.24) is 0 Å². The number of amides is 2. The number of carboxylic acid groups (broad SMARTS) is 2. The first-order valence-corrected chi connectivity index (χ1v) is 7.03. The summed E-state index contributed by atoms with van der Waals surface area (Å²) >= 11 is 0. The van der Waals surface area contributed by atoms with Crippen LogP contribution in [0.5, 0.6) is 0 Å². The molecule has 0 saturated heterocycles. The number of anilines is 2. The average Bonchev–Trinajstić information content (AvgIpc) is 2.55. The molecule has 8 nitrogen and oxygen atoms in total. The van der Waals surface area contributed by atoms with Crippen LogP contribution in [-0.4, -0.2) is 23.8 Å². The van der Waals surface area contributed by atoms with E-state index in [0.717, 1.165) is 18.2 Å². The fourth-order valence-electron chi connectivity index (χ4n) is 2.08. The molecule has 128 valence electrons. The van der Waals surface area contributed by atoms with Crippen LogP contribution in [0.2, 0.25) is 0 Å². The maximum atomic E-state index is 12.2. The van der Waals surface area contributed by atoms with Crippen molar-refractivity contribution in [2.45, 2.75) is 6.92 Å². The predicted octanol–water partition coefficient (Wildman–Crippen LogP) is -0.376. The highest BCUT2D eigenvalue weighted by Crippen LogP contribution is 2.17. The summed E-state index contributed by atoms with van der Waals surface area (Å²) in [5.41, 5.74) is -0.313. The van der Waals surface area contributed by atoms with Gasteiger partial charge in [-0.3, -0.25) is 9.59 Å². The zero-order valence-corrected chi connectivity index (χ0v) is 13.0. The molecule has 2 aromatic rings. The molecule has 2 rings (SSSR count). The molecule has 0 aromatic heterocycles. The maximum absolute atomic E-state index is 12.2. The normalized spacial score (nSPS) is 9.96. The molecule has 2 N–H and O–H groups in total. The molecule has 0 heterocycles. The first-order valence-electron chi connectivity index (χ1n) is 7.03. The van der Waals surface area contributed by atoms with Gasteiger partial charge in [0.05, 0.1) is 11.9 Å². The molecule has 0 aliphatic rings. The van der Waals surface area contributed by atoms with E-state index < -0.39 is 23.4 Å². The standard InChI is InChI=1S/C17H14N2O6/c1-9(20)18-11-3-5-12(6-4-11)19-15(21)13-7-2-10(16(22)23)8-14(13)17(24)25/h2-8H,1H3,(H,18,20)(H,19,21)(H,22,23)(H,24,25)/p-2. The summed E-state index contributed by atoms with van der Waals surface area (Å²) in [7, 11) is 0. The van der Waals surface area contributed by atoms with Crippen molar-refractivity contribution in [2.24, 2.45) is 0 Å². The predicted molar refractivity (Wildman–Crippen MR) is 83.8 cm³/mol. The minimum absolute atomic E-state index is 0.247. The zero-order valence-electron chi connectivity index (χ0n) is 13.0. The molecule has 8 heteroatoms. The van der Waals surface area contributed by atoms with E-state index >= 15 is 0 Å². The van der Waals surface area contributed by atoms with Gasteiger partial charge < -0.3 is 30.4 Å². The van der Waals surface area contributed by atoms with Crippen LogP contribution in [0, 0.1) is 0 Å². The highest BCUT2D eigenvalue weighted by molar-refractivity contribution is 6.11. The molecule has 0 unspecified atom stereocenters. The molecular weight excluding hydrogens is 328 g/mol. The number of rotatable bonds is 5. The highest BCUT2D eigenvalue weighted by Gasteiger charge is 2.14. The second-order valence-electron chi connectivity index (χ2n) is 5.05. The highest BCUT2D eigenvalue weighted by atomic mass is 16.4. The van der Waals surface area contributed by atoms with Crippen molar-refractivity contribution in [3.63, 3.8) is 0 Å². The lowest BCUT2D eigenvalue weighted by Crippen LogP contribution is -2.28. The topological polar surface area (TPSA) is 138 Å². The van der Waals surface area contributed by atoms with Gasteiger partial charge in [0.15, 0.2) is 0 Å². The van der Waals surface area contributed by atoms with E-state index in [1.54, 1.807) is 12.1 Å². The summed E-state index contributed by atoms with van der Waals surface area (Å²) in [4.78, 5) is 45.2. The monoisotopic (exact) mass is 340 g/mol. The van der Waals surface area contributed by atoms with Gasteiger partial charge in [0.25, 0.3) is 5.91 Å². The second-order valence-corrected chi connectivity index (χ2v) is 5.05. The molecule has 0 bridgehead atoms. The number of nitrogens with one attached hydrogen (secondary N) is 2. The SMILES string of the molecule is CC(=O)Nc1ccc(NC(=O)c2ccc(C(=O)[O-])cc2C(=O)[O-])cc1. The Morgan fingerprint density at radius 1 is 0.760 bits per heavy atom. The Kier molecular flexibility index (Phi) is 5.13. The van der Waals surface area contributed by atoms with E-state index in [1.165, 1.54) is 19.1 Å². The molecule has 0 atom stereocenters. The number of benzene rings is 2. The van der Waals surface area contributed by atoms with Crippen LogP contribution in [0.15, 0.2) is 42.5 Å². The molecule has 0 radical (unpaired) electrons. The van der Waals surface area contributed by atoms with Gasteiger partial charge in [-0.25, -0.2) is 0 Å². The number of hydrogen-bond donors (Lipinski definition) is 2. The van der Waals surface area contributed by atoms with Gasteiger partial charge in [-0.05, 0) is 42.0 Å². The van der Waals surface area contributed by atoms with E-state index in [9.17, 15) is 29.4 Å². The van der Waals surface area contributed by atoms with Gasteiger partial charge in [0.1, 0.15) is 0 Å². The molecule has 0 spiro atoms. The van der Waals surface area contributed by atoms with E-state index in [2.05, 4.69) is 10.6 Å². The first kappa shape index (κ1) is 17.7. The molecule has 2 aromatic carbocycles. The number of hydrogen-bond acceptors (Lipinski definition) is 6. The molecule has 0 fully saturated rings. The largest absolute Gasteiger partial charge is 0.545 e. The third-order valence-electron chi connectivity index (χ3n) is 3.18. The van der Waals surface area contributed by atoms with Gasteiger partial charge in [-0.1, -0.05) is 6.07 Å². The smallest absolute Gasteiger partial charge is 0.256 e. The van der Waals surface area contributed by atoms with E-state index in [1.807, 2.05) is 0 Å². The van der Waals surface area contributed by atoms with Crippen LogP contribution in [0.1, 0.15) is 38.0 Å². The fraction of sp³-hybridized carbons (Fsp3) is 0.0588. The van der Waals surface area contributed by atoms with Gasteiger partial charge in [0.2, 0.25) is 5.91 Å². The number of carbonyl (C=O) groups excluding carboxylic acids is 4. The van der Waals surface area contributed by atoms with Gasteiger partial charge >= 0.3 is 0 Å². The Bertz CT molecular complexity index is 858. The Balaban J connectivity index is 2.24. The summed E-state index contributed by atoms with van der Waals surface area (Å²) in [5, 5.41) is 27.0. The molecule has 25 heavy (non-hydrogen) atoms. The Morgan fingerprint density at radius 2 is 1.32 bits per heavy atom. The molecule has 0 aliphatic carbocycles. The van der Waals surface area contributed by atoms with Crippen molar-refractivity contribution >= 4 is 35.1 Å². The lowest BCUT2D eigenvalue weighted by atomic mass is 10.0. The third-order valence-corrected chi connectivity index (χ3v) is 3.18. The quantitative estimate of drug-likeness (QED) is 0.761. The van der Waals surface area contributed by atoms with Crippen LogP contribution >= 0.6 is 0 Å². The second kappa shape index (κ2) is 7.26. The number of carboxylic acids is 2. The molecular formula is C17H12N2O6-2. The lowest BCUT2D eigenvalue weighted by Gasteiger charge is -2.13. The summed E-state index contributed by atoms with van der Waals surface area (Å²) in [6.07, 6.45) is 0. The lowest BCUT2D eigenvalue weighted by molar-refractivity contribution is -0.255. The fourth-order valence-corrected chi connectivity index (χ4v) is 2.08. The van der Waals surface area contributed by atoms with Gasteiger partial charge in [-0.2, -0.15) is 0 Å². The van der Waals surface area contributed by atoms with Gasteiger partial charge in [0, 0.05) is 29.4 Å². The third kappa shape index (κ3) is 4.41. The minimum Gasteiger partial charge on any atom is -0.545 e. The minimum atomic E-state index is -1.69. The van der Waals surface area contributed by atoms with Crippen LogP contribution < -0.4 is 20.8 Å². The zero-order chi connectivity index (χ0) is 18.6. The first-order chi connectivity index (χ1) is 11.8. The summed E-state index contributed by atoms with van der Waals surface area (Å²) < 4.78 is 0. The number of carbonyl (C=O) groups is 4. The van der Waals surface area contributed by atoms with Crippen molar-refractivity contribution in [1.29, 1.82) is 0 Å². The maximum Gasteiger partial charge on any atom is 0.256 e. The molecule has 0 aliphatic heterocycles. The van der Waals surface area contributed by atoms with Crippen LogP contribution in [0.25, 0.3) is 0 Å². The van der Waals surface area contributed by atoms with Crippen molar-refractivity contribution in [3.8, 4) is 0 Å². The molecule has 2 amide bonds. The Hall–Kier alpha value is -3.68. The van der Waals surface area contributed by atoms with E-state index in [-0.39, 0.29) is 17.0 Å². The summed E-state index contributed by atoms with van der Waals surface area (Å²) in [5.74, 6) is -4.25. The van der Waals surface area contributed by atoms with Crippen LogP contribution in [0.3, 0.4) is 0 Å². The summed E-state index contributed by atoms with van der Waals surface area (Å²) in [6, 6.07) is 9.06. The Morgan fingerprint density at radius 3 is 1.80 bits per heavy atom. The molecule has 0 saturated carbocycles. The average molecular weight is 340 g/mol. The van der Waals surface area contributed by atoms with Crippen molar-refractivity contribution in [2.75, 3.05) is 10.6 Å². The van der Waals surface area contributed by atoms with Gasteiger partial charge in [-0.15, -0.1) is 0 Å². The van der Waals surface area contributed by atoms with E-state index in [4.69, 9.17) is 0 Å². The van der Waals surface area contributed by atoms with E-state index in [0.29, 0.717) is 11.4 Å². The van der Waals surface area contributed by atoms with Crippen molar-refractivity contribution < 1.29 is 29.4 Å². The Labute approximate surface area is 142 Å². The van der Waals surface area contributed by atoms with Crippen LogP contribution in [0.4, 0.5) is 11.4 Å². The van der Waals surface area contributed by atoms with Crippen molar-refractivity contribution in [3.05, 3.63) is 59.2 Å². The van der Waals surface area contributed by atoms with Crippen LogP contribution in [-0.2, 0) is 4.79 Å².